The molecule has 1 aliphatic rings. The molecule has 2 aromatic rings. The summed E-state index contributed by atoms with van der Waals surface area (Å²) in [7, 11) is 0. The molecule has 2 nitrogen and oxygen atoms in total. The summed E-state index contributed by atoms with van der Waals surface area (Å²) < 4.78 is 0. The van der Waals surface area contributed by atoms with E-state index in [2.05, 4.69) is 11.1 Å². The predicted octanol–water partition coefficient (Wildman–Crippen LogP) is 2.88. The summed E-state index contributed by atoms with van der Waals surface area (Å²) in [6.45, 7) is 2.05. The van der Waals surface area contributed by atoms with E-state index in [4.69, 9.17) is 4.98 Å². The van der Waals surface area contributed by atoms with Crippen molar-refractivity contribution >= 4 is 21.7 Å². The Morgan fingerprint density at radius 2 is 2.07 bits per heavy atom. The van der Waals surface area contributed by atoms with Crippen LogP contribution in [0.25, 0.3) is 10.3 Å². The summed E-state index contributed by atoms with van der Waals surface area (Å²) in [5.74, 6) is 0. The maximum Gasteiger partial charge on any atom is 0.143 e. The third-order valence-corrected chi connectivity index (χ3v) is 3.65. The van der Waals surface area contributed by atoms with Gasteiger partial charge in [-0.05, 0) is 44.2 Å². The lowest BCUT2D eigenvalue weighted by Gasteiger charge is -2.13. The Bertz CT molecular complexity index is 444. The molecule has 0 saturated carbocycles. The number of aromatic nitrogens is 2. The molecule has 3 heteroatoms. The maximum absolute atomic E-state index is 4.69. The van der Waals surface area contributed by atoms with E-state index < -0.39 is 0 Å². The largest absolute Gasteiger partial charge is 0.240 e. The number of aryl methyl sites for hydroxylation is 3. The van der Waals surface area contributed by atoms with Crippen LogP contribution in [-0.2, 0) is 12.8 Å². The van der Waals surface area contributed by atoms with Gasteiger partial charge in [0.2, 0.25) is 0 Å². The van der Waals surface area contributed by atoms with Gasteiger partial charge in [0.1, 0.15) is 10.3 Å². The minimum Gasteiger partial charge on any atom is -0.240 e. The van der Waals surface area contributed by atoms with Crippen LogP contribution in [-0.4, -0.2) is 9.97 Å². The first-order valence-corrected chi connectivity index (χ1v) is 5.90. The standard InChI is InChI=1S/C11H12N2S/c1-7-12-10-6-8-4-2-3-5-9(8)13-11(10)14-7/h6H,2-5H2,1H3. The van der Waals surface area contributed by atoms with Crippen LogP contribution in [0.15, 0.2) is 6.07 Å². The Morgan fingerprint density at radius 3 is 3.00 bits per heavy atom. The second kappa shape index (κ2) is 3.02. The first kappa shape index (κ1) is 8.36. The van der Waals surface area contributed by atoms with Crippen LogP contribution in [0.1, 0.15) is 29.1 Å². The average Bonchev–Trinajstić information content (AvgIpc) is 2.53. The van der Waals surface area contributed by atoms with E-state index in [0.717, 1.165) is 21.8 Å². The molecule has 2 aromatic heterocycles. The number of thiazole rings is 1. The first-order valence-electron chi connectivity index (χ1n) is 5.09. The lowest BCUT2D eigenvalue weighted by molar-refractivity contribution is 0.671. The van der Waals surface area contributed by atoms with Crippen LogP contribution in [0.5, 0.6) is 0 Å². The SMILES string of the molecule is Cc1nc2cc3c(nc2s1)CCCC3. The maximum atomic E-state index is 4.69. The lowest BCUT2D eigenvalue weighted by atomic mass is 9.96. The lowest BCUT2D eigenvalue weighted by Crippen LogP contribution is -2.04. The van der Waals surface area contributed by atoms with Gasteiger partial charge in [0.05, 0.1) is 5.01 Å². The van der Waals surface area contributed by atoms with Gasteiger partial charge >= 0.3 is 0 Å². The summed E-state index contributed by atoms with van der Waals surface area (Å²) in [6.07, 6.45) is 4.95. The van der Waals surface area contributed by atoms with Crippen LogP contribution in [0.3, 0.4) is 0 Å². The minimum atomic E-state index is 1.09. The first-order chi connectivity index (χ1) is 6.83. The smallest absolute Gasteiger partial charge is 0.143 e. The summed E-state index contributed by atoms with van der Waals surface area (Å²) in [4.78, 5) is 10.3. The molecule has 0 N–H and O–H groups in total. The molecule has 0 aromatic carbocycles. The van der Waals surface area contributed by atoms with Gasteiger partial charge in [-0.3, -0.25) is 0 Å². The average molecular weight is 204 g/mol. The van der Waals surface area contributed by atoms with Gasteiger partial charge in [-0.1, -0.05) is 11.3 Å². The highest BCUT2D eigenvalue weighted by molar-refractivity contribution is 7.18. The molecule has 0 atom stereocenters. The highest BCUT2D eigenvalue weighted by Gasteiger charge is 2.13. The predicted molar refractivity (Wildman–Crippen MR) is 58.8 cm³/mol. The Balaban J connectivity index is 2.26. The number of pyridine rings is 1. The second-order valence-electron chi connectivity index (χ2n) is 3.86. The highest BCUT2D eigenvalue weighted by Crippen LogP contribution is 2.26. The topological polar surface area (TPSA) is 25.8 Å². The monoisotopic (exact) mass is 204 g/mol. The summed E-state index contributed by atoms with van der Waals surface area (Å²) in [5, 5.41) is 1.12. The van der Waals surface area contributed by atoms with E-state index in [-0.39, 0.29) is 0 Å². The number of rotatable bonds is 0. The van der Waals surface area contributed by atoms with Crippen molar-refractivity contribution in [3.05, 3.63) is 22.3 Å². The molecule has 72 valence electrons. The molecule has 2 heterocycles. The molecule has 0 unspecified atom stereocenters. The third-order valence-electron chi connectivity index (χ3n) is 2.77. The zero-order valence-electron chi connectivity index (χ0n) is 8.21. The molecule has 0 bridgehead atoms. The van der Waals surface area contributed by atoms with E-state index in [9.17, 15) is 0 Å². The third kappa shape index (κ3) is 1.23. The van der Waals surface area contributed by atoms with Crippen LogP contribution in [0.2, 0.25) is 0 Å². The van der Waals surface area contributed by atoms with E-state index >= 15 is 0 Å². The number of hydrogen-bond acceptors (Lipinski definition) is 3. The number of fused-ring (bicyclic) bond motifs is 2. The van der Waals surface area contributed by atoms with Gasteiger partial charge in [0, 0.05) is 5.69 Å². The Kier molecular flexibility index (Phi) is 1.80. The van der Waals surface area contributed by atoms with Crippen molar-refractivity contribution < 1.29 is 0 Å². The summed E-state index contributed by atoms with van der Waals surface area (Å²) >= 11 is 1.70. The molecular formula is C11H12N2S. The molecule has 3 rings (SSSR count). The summed E-state index contributed by atoms with van der Waals surface area (Å²) in [5.41, 5.74) is 3.83. The molecular weight excluding hydrogens is 192 g/mol. The molecule has 0 radical (unpaired) electrons. The highest BCUT2D eigenvalue weighted by atomic mass is 32.1. The van der Waals surface area contributed by atoms with Gasteiger partial charge < -0.3 is 0 Å². The normalized spacial score (nSPS) is 15.8. The van der Waals surface area contributed by atoms with Gasteiger partial charge in [-0.25, -0.2) is 9.97 Å². The van der Waals surface area contributed by atoms with Crippen LogP contribution in [0, 0.1) is 6.92 Å². The van der Waals surface area contributed by atoms with Crippen molar-refractivity contribution in [1.82, 2.24) is 9.97 Å². The Labute approximate surface area is 87.0 Å². The van der Waals surface area contributed by atoms with Gasteiger partial charge in [0.15, 0.2) is 0 Å². The molecule has 14 heavy (non-hydrogen) atoms. The molecule has 1 aliphatic carbocycles. The van der Waals surface area contributed by atoms with E-state index in [0.29, 0.717) is 0 Å². The van der Waals surface area contributed by atoms with Crippen LogP contribution < -0.4 is 0 Å². The Hall–Kier alpha value is -0.960. The Morgan fingerprint density at radius 1 is 1.21 bits per heavy atom. The minimum absolute atomic E-state index is 1.09. The van der Waals surface area contributed by atoms with Crippen LogP contribution in [0.4, 0.5) is 0 Å². The zero-order chi connectivity index (χ0) is 9.54. The van der Waals surface area contributed by atoms with Gasteiger partial charge in [-0.2, -0.15) is 0 Å². The van der Waals surface area contributed by atoms with Crippen molar-refractivity contribution in [3.8, 4) is 0 Å². The van der Waals surface area contributed by atoms with Crippen molar-refractivity contribution in [1.29, 1.82) is 0 Å². The van der Waals surface area contributed by atoms with Crippen molar-refractivity contribution in [3.63, 3.8) is 0 Å². The van der Waals surface area contributed by atoms with E-state index in [1.54, 1.807) is 11.3 Å². The van der Waals surface area contributed by atoms with Crippen molar-refractivity contribution in [2.24, 2.45) is 0 Å². The molecule has 0 spiro atoms. The second-order valence-corrected chi connectivity index (χ2v) is 5.04. The molecule has 0 fully saturated rings. The fourth-order valence-corrected chi connectivity index (χ4v) is 2.88. The number of hydrogen-bond donors (Lipinski definition) is 0. The number of nitrogens with zero attached hydrogens (tertiary/aromatic N) is 2. The van der Waals surface area contributed by atoms with Crippen molar-refractivity contribution in [2.75, 3.05) is 0 Å². The zero-order valence-corrected chi connectivity index (χ0v) is 9.02. The molecule has 0 aliphatic heterocycles. The van der Waals surface area contributed by atoms with Gasteiger partial charge in [-0.15, -0.1) is 0 Å². The van der Waals surface area contributed by atoms with Crippen molar-refractivity contribution in [2.45, 2.75) is 32.6 Å². The van der Waals surface area contributed by atoms with E-state index in [1.807, 2.05) is 6.92 Å². The van der Waals surface area contributed by atoms with E-state index in [1.165, 1.54) is 30.5 Å². The van der Waals surface area contributed by atoms with Crippen LogP contribution >= 0.6 is 11.3 Å². The molecule has 0 saturated heterocycles. The fourth-order valence-electron chi connectivity index (χ4n) is 2.09. The quantitative estimate of drug-likeness (QED) is 0.659. The van der Waals surface area contributed by atoms with Gasteiger partial charge in [0.25, 0.3) is 0 Å². The fraction of sp³-hybridized carbons (Fsp3) is 0.455. The summed E-state index contributed by atoms with van der Waals surface area (Å²) in [6, 6.07) is 2.24. The molecule has 0 amide bonds.